The van der Waals surface area contributed by atoms with E-state index >= 15 is 0 Å². The molecule has 2 atom stereocenters. The van der Waals surface area contributed by atoms with E-state index in [1.54, 1.807) is 24.3 Å². The molecule has 0 spiro atoms. The number of carbonyl (C=O) groups excluding carboxylic acids is 1. The molecular weight excluding hydrogens is 340 g/mol. The quantitative estimate of drug-likeness (QED) is 0.724. The van der Waals surface area contributed by atoms with Crippen LogP contribution in [0.3, 0.4) is 0 Å². The van der Waals surface area contributed by atoms with Crippen molar-refractivity contribution >= 4 is 21.4 Å². The van der Waals surface area contributed by atoms with Crippen LogP contribution in [0.25, 0.3) is 5.57 Å². The fourth-order valence-electron chi connectivity index (χ4n) is 3.15. The van der Waals surface area contributed by atoms with E-state index in [2.05, 4.69) is 0 Å². The maximum absolute atomic E-state index is 12.4. The molecule has 0 saturated heterocycles. The van der Waals surface area contributed by atoms with Crippen LogP contribution >= 0.6 is 0 Å². The van der Waals surface area contributed by atoms with E-state index in [-0.39, 0.29) is 16.8 Å². The summed E-state index contributed by atoms with van der Waals surface area (Å²) in [6.45, 7) is 5.79. The molecular formula is C19H24O5S. The monoisotopic (exact) mass is 364 g/mol. The van der Waals surface area contributed by atoms with Gasteiger partial charge in [-0.1, -0.05) is 19.1 Å². The van der Waals surface area contributed by atoms with Crippen LogP contribution < -0.4 is 0 Å². The highest BCUT2D eigenvalue weighted by atomic mass is 32.2. The predicted octanol–water partition coefficient (Wildman–Crippen LogP) is 3.34. The second-order valence-electron chi connectivity index (χ2n) is 7.13. The van der Waals surface area contributed by atoms with E-state index in [0.717, 1.165) is 18.4 Å². The summed E-state index contributed by atoms with van der Waals surface area (Å²) < 4.78 is 35.0. The van der Waals surface area contributed by atoms with Crippen molar-refractivity contribution < 1.29 is 22.7 Å². The van der Waals surface area contributed by atoms with Gasteiger partial charge in [-0.15, -0.1) is 0 Å². The predicted molar refractivity (Wildman–Crippen MR) is 94.5 cm³/mol. The Bertz CT molecular complexity index is 818. The zero-order chi connectivity index (χ0) is 18.4. The van der Waals surface area contributed by atoms with Crippen molar-refractivity contribution in [2.45, 2.75) is 56.6 Å². The summed E-state index contributed by atoms with van der Waals surface area (Å²) in [6.07, 6.45) is 3.98. The molecule has 0 aromatic heterocycles. The average Bonchev–Trinajstić information content (AvgIpc) is 3.35. The zero-order valence-electron chi connectivity index (χ0n) is 15.0. The molecule has 0 bridgehead atoms. The first-order valence-electron chi connectivity index (χ1n) is 8.61. The van der Waals surface area contributed by atoms with Crippen LogP contribution in [0.5, 0.6) is 0 Å². The van der Waals surface area contributed by atoms with Crippen LogP contribution in [0.1, 0.15) is 45.6 Å². The van der Waals surface area contributed by atoms with E-state index in [0.29, 0.717) is 17.9 Å². The summed E-state index contributed by atoms with van der Waals surface area (Å²) in [6, 6.07) is 6.54. The first-order chi connectivity index (χ1) is 11.7. The molecule has 1 aliphatic carbocycles. The molecule has 3 rings (SSSR count). The van der Waals surface area contributed by atoms with Crippen molar-refractivity contribution in [3.8, 4) is 0 Å². The Kier molecular flexibility index (Phi) is 4.43. The Morgan fingerprint density at radius 3 is 2.36 bits per heavy atom. The molecule has 136 valence electrons. The van der Waals surface area contributed by atoms with Gasteiger partial charge in [0.1, 0.15) is 5.60 Å². The van der Waals surface area contributed by atoms with Crippen LogP contribution in [-0.4, -0.2) is 32.3 Å². The Morgan fingerprint density at radius 2 is 1.88 bits per heavy atom. The molecule has 1 aromatic rings. The molecule has 0 radical (unpaired) electrons. The summed E-state index contributed by atoms with van der Waals surface area (Å²) in [4.78, 5) is 12.7. The van der Waals surface area contributed by atoms with E-state index in [1.807, 2.05) is 20.8 Å². The second-order valence-corrected chi connectivity index (χ2v) is 9.15. The standard InChI is InChI=1S/C19H24O5S/c1-5-19(3)16(14-8-10-15(11-9-14)25(4,21)22)17(18(20)24-19)23-12(2)13-6-7-13/h8-13H,5-7H2,1-4H3/t12?,19-/m1/s1. The first kappa shape index (κ1) is 18.0. The molecule has 5 nitrogen and oxygen atoms in total. The van der Waals surface area contributed by atoms with Gasteiger partial charge in [-0.25, -0.2) is 13.2 Å². The number of benzene rings is 1. The lowest BCUT2D eigenvalue weighted by molar-refractivity contribution is -0.149. The summed E-state index contributed by atoms with van der Waals surface area (Å²) >= 11 is 0. The highest BCUT2D eigenvalue weighted by molar-refractivity contribution is 7.90. The van der Waals surface area contributed by atoms with E-state index in [9.17, 15) is 13.2 Å². The number of sulfone groups is 1. The van der Waals surface area contributed by atoms with Gasteiger partial charge in [0, 0.05) is 6.26 Å². The third kappa shape index (κ3) is 3.45. The number of carbonyl (C=O) groups is 1. The lowest BCUT2D eigenvalue weighted by Gasteiger charge is -2.25. The van der Waals surface area contributed by atoms with Gasteiger partial charge in [0.15, 0.2) is 9.84 Å². The lowest BCUT2D eigenvalue weighted by atomic mass is 9.88. The van der Waals surface area contributed by atoms with Crippen LogP contribution in [0.4, 0.5) is 0 Å². The van der Waals surface area contributed by atoms with E-state index in [4.69, 9.17) is 9.47 Å². The fraction of sp³-hybridized carbons (Fsp3) is 0.526. The minimum absolute atomic E-state index is 0.0351. The van der Waals surface area contributed by atoms with Gasteiger partial charge in [-0.2, -0.15) is 0 Å². The number of hydrogen-bond acceptors (Lipinski definition) is 5. The third-order valence-electron chi connectivity index (χ3n) is 5.09. The van der Waals surface area contributed by atoms with Crippen LogP contribution in [0, 0.1) is 5.92 Å². The van der Waals surface area contributed by atoms with Crippen LogP contribution in [0.15, 0.2) is 34.9 Å². The van der Waals surface area contributed by atoms with Crippen molar-refractivity contribution in [2.75, 3.05) is 6.26 Å². The van der Waals surface area contributed by atoms with Crippen molar-refractivity contribution in [3.05, 3.63) is 35.6 Å². The molecule has 1 aromatic carbocycles. The third-order valence-corrected chi connectivity index (χ3v) is 6.22. The number of ether oxygens (including phenoxy) is 2. The summed E-state index contributed by atoms with van der Waals surface area (Å²) in [5.74, 6) is 0.303. The summed E-state index contributed by atoms with van der Waals surface area (Å²) in [7, 11) is -3.27. The molecule has 1 heterocycles. The van der Waals surface area contributed by atoms with Crippen molar-refractivity contribution in [1.29, 1.82) is 0 Å². The molecule has 0 amide bonds. The molecule has 1 unspecified atom stereocenters. The molecule has 6 heteroatoms. The van der Waals surface area contributed by atoms with Gasteiger partial charge in [0.2, 0.25) is 5.76 Å². The van der Waals surface area contributed by atoms with Gasteiger partial charge >= 0.3 is 5.97 Å². The van der Waals surface area contributed by atoms with Gasteiger partial charge < -0.3 is 9.47 Å². The average molecular weight is 364 g/mol. The Labute approximate surface area is 148 Å². The highest BCUT2D eigenvalue weighted by Gasteiger charge is 2.46. The van der Waals surface area contributed by atoms with Crippen molar-refractivity contribution in [1.82, 2.24) is 0 Å². The summed E-state index contributed by atoms with van der Waals surface area (Å²) in [5.41, 5.74) is 0.676. The number of rotatable bonds is 6. The number of cyclic esters (lactones) is 1. The molecule has 1 saturated carbocycles. The fourth-order valence-corrected chi connectivity index (χ4v) is 3.78. The summed E-state index contributed by atoms with van der Waals surface area (Å²) in [5, 5.41) is 0. The van der Waals surface area contributed by atoms with Crippen LogP contribution in [0.2, 0.25) is 0 Å². The molecule has 25 heavy (non-hydrogen) atoms. The minimum Gasteiger partial charge on any atom is -0.483 e. The van der Waals surface area contributed by atoms with E-state index in [1.165, 1.54) is 6.26 Å². The normalized spacial score (nSPS) is 25.0. The Hall–Kier alpha value is -1.82. The number of hydrogen-bond donors (Lipinski definition) is 0. The maximum Gasteiger partial charge on any atom is 0.374 e. The Morgan fingerprint density at radius 1 is 1.28 bits per heavy atom. The second kappa shape index (κ2) is 6.16. The lowest BCUT2D eigenvalue weighted by Crippen LogP contribution is -2.26. The highest BCUT2D eigenvalue weighted by Crippen LogP contribution is 2.44. The minimum atomic E-state index is -3.27. The smallest absolute Gasteiger partial charge is 0.374 e. The van der Waals surface area contributed by atoms with Crippen molar-refractivity contribution in [3.63, 3.8) is 0 Å². The largest absolute Gasteiger partial charge is 0.483 e. The molecule has 1 aliphatic heterocycles. The van der Waals surface area contributed by atoms with Crippen molar-refractivity contribution in [2.24, 2.45) is 5.92 Å². The molecule has 2 aliphatic rings. The maximum atomic E-state index is 12.4. The van der Waals surface area contributed by atoms with Crippen LogP contribution in [-0.2, 0) is 24.1 Å². The molecule has 1 fully saturated rings. The van der Waals surface area contributed by atoms with Gasteiger partial charge in [0.25, 0.3) is 0 Å². The molecule has 0 N–H and O–H groups in total. The van der Waals surface area contributed by atoms with Gasteiger partial charge in [-0.3, -0.25) is 0 Å². The Balaban J connectivity index is 2.04. The van der Waals surface area contributed by atoms with Gasteiger partial charge in [0.05, 0.1) is 16.6 Å². The first-order valence-corrected chi connectivity index (χ1v) is 10.5. The SMILES string of the molecule is CC[C@@]1(C)OC(=O)C(OC(C)C2CC2)=C1c1ccc(S(C)(=O)=O)cc1. The van der Waals surface area contributed by atoms with Gasteiger partial charge in [-0.05, 0) is 56.7 Å². The topological polar surface area (TPSA) is 69.7 Å². The van der Waals surface area contributed by atoms with E-state index < -0.39 is 21.4 Å². The zero-order valence-corrected chi connectivity index (χ0v) is 15.9. The number of esters is 1.